The number of nitrogens with zero attached hydrogens (tertiary/aromatic N) is 2. The maximum absolute atomic E-state index is 13.7. The monoisotopic (exact) mass is 862 g/mol. The van der Waals surface area contributed by atoms with Crippen LogP contribution in [0, 0.1) is 5.92 Å². The average Bonchev–Trinajstić information content (AvgIpc) is 3.17. The van der Waals surface area contributed by atoms with Crippen molar-refractivity contribution in [1.82, 2.24) is 37.2 Å². The first-order chi connectivity index (χ1) is 27.7. The molecule has 0 aromatic carbocycles. The Labute approximate surface area is 346 Å². The lowest BCUT2D eigenvalue weighted by Gasteiger charge is -2.26. The summed E-state index contributed by atoms with van der Waals surface area (Å²) in [6.07, 6.45) is 2.21. The number of carboxylic acid groups (broad SMARTS) is 1. The maximum atomic E-state index is 13.7. The zero-order valence-electron chi connectivity index (χ0n) is 33.5. The summed E-state index contributed by atoms with van der Waals surface area (Å²) < 4.78 is 0. The van der Waals surface area contributed by atoms with E-state index in [4.69, 9.17) is 33.8 Å². The number of carbonyl (C=O) groups is 8. The molecule has 26 heteroatoms. The smallest absolute Gasteiger partial charge is 0.322 e. The molecule has 25 nitrogen and oxygen atoms in total. The number of aliphatic carboxylic acids is 1. The number of amides is 7. The van der Waals surface area contributed by atoms with Crippen LogP contribution in [0.2, 0.25) is 0 Å². The van der Waals surface area contributed by atoms with Gasteiger partial charge in [-0.05, 0) is 56.5 Å². The Morgan fingerprint density at radius 3 is 1.47 bits per heavy atom. The summed E-state index contributed by atoms with van der Waals surface area (Å²) in [5.41, 5.74) is 27.2. The number of aliphatic hydroxyl groups is 2. The van der Waals surface area contributed by atoms with Crippen molar-refractivity contribution in [3.63, 3.8) is 0 Å². The SMILES string of the molecule is CSCC[C@H](NC(=O)[C@H](CO)NC(=O)CNC(=O)[C@H](CCCN=C(N)N)NC(=O)[C@H](CCCN=C(N)N)NC(=O)[C@H](CC(C)C)NC(=O)[C@@H](N)CO)C(=O)NCC(=O)O. The molecule has 336 valence electrons. The standard InChI is InChI=1S/C33H62N14O11S/c1-17(2)12-22(47-26(53)18(34)15-48)30(57)45-20(7-5-10-40-33(37)38)29(56)44-19(6-4-9-39-32(35)36)27(54)41-13-24(50)43-23(16-49)31(58)46-21(8-11-59-3)28(55)42-14-25(51)52/h17-23,48-49H,4-16,34H2,1-3H3,(H,41,54)(H,42,55)(H,43,50)(H,44,56)(H,45,57)(H,46,58)(H,47,53)(H,51,52)(H4,35,36,39)(H4,37,38,40)/t18-,19-,20-,21-,22-,23-/m0/s1. The largest absolute Gasteiger partial charge is 0.480 e. The van der Waals surface area contributed by atoms with Gasteiger partial charge in [0.05, 0.1) is 19.8 Å². The highest BCUT2D eigenvalue weighted by Crippen LogP contribution is 2.09. The molecule has 0 fully saturated rings. The lowest BCUT2D eigenvalue weighted by Crippen LogP contribution is -2.58. The predicted molar refractivity (Wildman–Crippen MR) is 218 cm³/mol. The van der Waals surface area contributed by atoms with Crippen molar-refractivity contribution in [2.75, 3.05) is 51.4 Å². The van der Waals surface area contributed by atoms with Gasteiger partial charge in [-0.1, -0.05) is 13.8 Å². The highest BCUT2D eigenvalue weighted by molar-refractivity contribution is 7.98. The fourth-order valence-electron chi connectivity index (χ4n) is 4.95. The molecule has 0 bridgehead atoms. The molecule has 20 N–H and O–H groups in total. The number of aliphatic imine (C=N–C) groups is 2. The molecule has 6 atom stereocenters. The Morgan fingerprint density at radius 2 is 1.03 bits per heavy atom. The Bertz CT molecular complexity index is 1460. The van der Waals surface area contributed by atoms with E-state index in [1.165, 1.54) is 11.8 Å². The second-order valence-electron chi connectivity index (χ2n) is 13.5. The average molecular weight is 863 g/mol. The molecule has 0 unspecified atom stereocenters. The molecule has 7 amide bonds. The van der Waals surface area contributed by atoms with Gasteiger partial charge in [-0.15, -0.1) is 0 Å². The zero-order valence-corrected chi connectivity index (χ0v) is 34.3. The number of nitrogens with two attached hydrogens (primary N) is 5. The molecule has 0 aromatic rings. The Balaban J connectivity index is 6.10. The lowest BCUT2D eigenvalue weighted by molar-refractivity contribution is -0.138. The summed E-state index contributed by atoms with van der Waals surface area (Å²) in [6, 6.07) is -7.88. The first kappa shape index (κ1) is 53.5. The van der Waals surface area contributed by atoms with Crippen LogP contribution in [0.25, 0.3) is 0 Å². The van der Waals surface area contributed by atoms with Crippen LogP contribution in [0.1, 0.15) is 52.4 Å². The van der Waals surface area contributed by atoms with E-state index in [1.807, 2.05) is 0 Å². The number of hydrogen-bond acceptors (Lipinski definition) is 14. The minimum atomic E-state index is -1.58. The van der Waals surface area contributed by atoms with Crippen molar-refractivity contribution in [2.24, 2.45) is 44.6 Å². The second-order valence-corrected chi connectivity index (χ2v) is 14.5. The summed E-state index contributed by atoms with van der Waals surface area (Å²) >= 11 is 1.35. The minimum absolute atomic E-state index is 0.0401. The van der Waals surface area contributed by atoms with E-state index >= 15 is 0 Å². The minimum Gasteiger partial charge on any atom is -0.480 e. The van der Waals surface area contributed by atoms with Gasteiger partial charge < -0.3 is 81.2 Å². The van der Waals surface area contributed by atoms with Crippen molar-refractivity contribution < 1.29 is 53.7 Å². The van der Waals surface area contributed by atoms with Crippen LogP contribution >= 0.6 is 11.8 Å². The molecule has 0 aliphatic heterocycles. The van der Waals surface area contributed by atoms with Gasteiger partial charge in [-0.3, -0.25) is 48.3 Å². The molecule has 0 radical (unpaired) electrons. The van der Waals surface area contributed by atoms with Gasteiger partial charge in [0.15, 0.2) is 11.9 Å². The van der Waals surface area contributed by atoms with E-state index in [-0.39, 0.29) is 69.5 Å². The molecule has 0 aliphatic rings. The normalized spacial score (nSPS) is 13.8. The van der Waals surface area contributed by atoms with Gasteiger partial charge in [0.1, 0.15) is 42.8 Å². The molecule has 0 saturated heterocycles. The summed E-state index contributed by atoms with van der Waals surface area (Å²) in [4.78, 5) is 110. The van der Waals surface area contributed by atoms with Crippen molar-refractivity contribution in [1.29, 1.82) is 0 Å². The molecule has 0 saturated carbocycles. The van der Waals surface area contributed by atoms with E-state index in [1.54, 1.807) is 20.1 Å². The van der Waals surface area contributed by atoms with Gasteiger partial charge in [0.2, 0.25) is 41.4 Å². The van der Waals surface area contributed by atoms with E-state index in [0.29, 0.717) is 5.75 Å². The van der Waals surface area contributed by atoms with E-state index < -0.39 is 110 Å². The number of hydrogen-bond donors (Lipinski definition) is 15. The molecular weight excluding hydrogens is 801 g/mol. The number of rotatable bonds is 30. The van der Waals surface area contributed by atoms with Crippen molar-refractivity contribution in [2.45, 2.75) is 88.6 Å². The van der Waals surface area contributed by atoms with E-state index in [2.05, 4.69) is 47.2 Å². The lowest BCUT2D eigenvalue weighted by atomic mass is 10.0. The number of nitrogens with one attached hydrogen (secondary N) is 7. The van der Waals surface area contributed by atoms with Crippen LogP contribution in [0.3, 0.4) is 0 Å². The number of carboxylic acids is 1. The molecule has 0 rings (SSSR count). The van der Waals surface area contributed by atoms with E-state index in [9.17, 15) is 48.6 Å². The Morgan fingerprint density at radius 1 is 0.593 bits per heavy atom. The topological polar surface area (TPSA) is 436 Å². The van der Waals surface area contributed by atoms with Crippen molar-refractivity contribution in [3.05, 3.63) is 0 Å². The zero-order chi connectivity index (χ0) is 45.1. The number of thioether (sulfide) groups is 1. The van der Waals surface area contributed by atoms with Crippen LogP contribution in [0.4, 0.5) is 0 Å². The predicted octanol–water partition coefficient (Wildman–Crippen LogP) is -7.05. The molecule has 0 aliphatic carbocycles. The van der Waals surface area contributed by atoms with Crippen molar-refractivity contribution in [3.8, 4) is 0 Å². The summed E-state index contributed by atoms with van der Waals surface area (Å²) in [5.74, 6) is -7.42. The van der Waals surface area contributed by atoms with Gasteiger partial charge >= 0.3 is 5.97 Å². The van der Waals surface area contributed by atoms with Crippen molar-refractivity contribution >= 4 is 71.0 Å². The summed E-state index contributed by atoms with van der Waals surface area (Å²) in [6.45, 7) is 0.663. The second kappa shape index (κ2) is 29.7. The third-order valence-corrected chi connectivity index (χ3v) is 8.59. The van der Waals surface area contributed by atoms with E-state index in [0.717, 1.165) is 0 Å². The van der Waals surface area contributed by atoms with Gasteiger partial charge in [-0.2, -0.15) is 11.8 Å². The van der Waals surface area contributed by atoms with Crippen LogP contribution in [0.15, 0.2) is 9.98 Å². The van der Waals surface area contributed by atoms with Gasteiger partial charge in [0, 0.05) is 13.1 Å². The molecule has 0 heterocycles. The number of aliphatic hydroxyl groups excluding tert-OH is 2. The first-order valence-corrected chi connectivity index (χ1v) is 20.0. The highest BCUT2D eigenvalue weighted by Gasteiger charge is 2.31. The Hall–Kier alpha value is -5.47. The van der Waals surface area contributed by atoms with Crippen LogP contribution < -0.4 is 65.9 Å². The third-order valence-electron chi connectivity index (χ3n) is 7.95. The number of carbonyl (C=O) groups excluding carboxylic acids is 7. The maximum Gasteiger partial charge on any atom is 0.322 e. The molecule has 0 spiro atoms. The highest BCUT2D eigenvalue weighted by atomic mass is 32.2. The summed E-state index contributed by atoms with van der Waals surface area (Å²) in [7, 11) is 0. The fraction of sp³-hybridized carbons (Fsp3) is 0.697. The van der Waals surface area contributed by atoms with Gasteiger partial charge in [0.25, 0.3) is 0 Å². The number of guanidine groups is 2. The first-order valence-electron chi connectivity index (χ1n) is 18.6. The molecule has 0 aromatic heterocycles. The third kappa shape index (κ3) is 24.1. The van der Waals surface area contributed by atoms with Gasteiger partial charge in [-0.25, -0.2) is 0 Å². The summed E-state index contributed by atoms with van der Waals surface area (Å²) in [5, 5.41) is 44.7. The molecule has 59 heavy (non-hydrogen) atoms. The Kier molecular flexibility index (Phi) is 26.9. The van der Waals surface area contributed by atoms with Crippen LogP contribution in [-0.4, -0.2) is 162 Å². The van der Waals surface area contributed by atoms with Crippen LogP contribution in [-0.2, 0) is 38.4 Å². The fourth-order valence-corrected chi connectivity index (χ4v) is 5.42. The quantitative estimate of drug-likeness (QED) is 0.0181. The van der Waals surface area contributed by atoms with Crippen LogP contribution in [0.5, 0.6) is 0 Å². The molecular formula is C33H62N14O11S.